The van der Waals surface area contributed by atoms with E-state index in [9.17, 15) is 14.9 Å². The number of para-hydroxylation sites is 1. The highest BCUT2D eigenvalue weighted by Crippen LogP contribution is 2.29. The predicted octanol–water partition coefficient (Wildman–Crippen LogP) is 3.22. The summed E-state index contributed by atoms with van der Waals surface area (Å²) in [5.74, 6) is -0.994. The van der Waals surface area contributed by atoms with Crippen molar-refractivity contribution in [2.75, 3.05) is 6.61 Å². The number of benzene rings is 1. The van der Waals surface area contributed by atoms with Gasteiger partial charge in [0, 0.05) is 11.1 Å². The Bertz CT molecular complexity index is 924. The van der Waals surface area contributed by atoms with Crippen LogP contribution in [0, 0.1) is 18.3 Å². The Morgan fingerprint density at radius 2 is 2.00 bits per heavy atom. The number of carbonyl (C=O) groups is 2. The number of hydrogen-bond acceptors (Lipinski definition) is 5. The van der Waals surface area contributed by atoms with E-state index in [2.05, 4.69) is 16.4 Å². The minimum Gasteiger partial charge on any atom is -0.452 e. The van der Waals surface area contributed by atoms with Gasteiger partial charge in [-0.1, -0.05) is 25.1 Å². The molecule has 1 fully saturated rings. The van der Waals surface area contributed by atoms with Crippen molar-refractivity contribution in [3.63, 3.8) is 0 Å². The molecule has 1 saturated carbocycles. The van der Waals surface area contributed by atoms with Gasteiger partial charge in [0.1, 0.15) is 5.54 Å². The Morgan fingerprint density at radius 1 is 1.30 bits per heavy atom. The molecule has 1 aliphatic rings. The fourth-order valence-corrected chi connectivity index (χ4v) is 3.71. The third-order valence-corrected chi connectivity index (χ3v) is 5.16. The van der Waals surface area contributed by atoms with Crippen molar-refractivity contribution in [2.24, 2.45) is 0 Å². The maximum absolute atomic E-state index is 12.7. The lowest BCUT2D eigenvalue weighted by Crippen LogP contribution is -2.46. The fourth-order valence-electron chi connectivity index (χ4n) is 3.71. The van der Waals surface area contributed by atoms with E-state index in [1.807, 2.05) is 38.1 Å². The van der Waals surface area contributed by atoms with Gasteiger partial charge in [0.15, 0.2) is 6.61 Å². The Hall–Kier alpha value is -2.94. The zero-order valence-corrected chi connectivity index (χ0v) is 15.7. The van der Waals surface area contributed by atoms with E-state index in [-0.39, 0.29) is 0 Å². The molecule has 0 bridgehead atoms. The molecule has 2 aromatic rings. The van der Waals surface area contributed by atoms with Gasteiger partial charge in [-0.3, -0.25) is 9.78 Å². The van der Waals surface area contributed by atoms with Gasteiger partial charge >= 0.3 is 5.97 Å². The second kappa shape index (κ2) is 7.75. The van der Waals surface area contributed by atoms with Crippen LogP contribution < -0.4 is 5.32 Å². The summed E-state index contributed by atoms with van der Waals surface area (Å²) >= 11 is 0. The summed E-state index contributed by atoms with van der Waals surface area (Å²) in [6.45, 7) is 3.42. The number of fused-ring (bicyclic) bond motifs is 1. The van der Waals surface area contributed by atoms with E-state index in [4.69, 9.17) is 4.74 Å². The highest BCUT2D eigenvalue weighted by atomic mass is 16.5. The van der Waals surface area contributed by atoms with Crippen molar-refractivity contribution >= 4 is 22.8 Å². The van der Waals surface area contributed by atoms with Crippen LogP contribution in [0.2, 0.25) is 0 Å². The van der Waals surface area contributed by atoms with Crippen LogP contribution in [-0.2, 0) is 16.0 Å². The lowest BCUT2D eigenvalue weighted by molar-refractivity contribution is -0.125. The van der Waals surface area contributed by atoms with Gasteiger partial charge in [-0.05, 0) is 50.7 Å². The molecular formula is C21H23N3O3. The summed E-state index contributed by atoms with van der Waals surface area (Å²) in [5.41, 5.74) is 1.95. The molecular weight excluding hydrogens is 342 g/mol. The van der Waals surface area contributed by atoms with Crippen molar-refractivity contribution in [2.45, 2.75) is 51.5 Å². The summed E-state index contributed by atoms with van der Waals surface area (Å²) < 4.78 is 5.29. The Morgan fingerprint density at radius 3 is 2.67 bits per heavy atom. The summed E-state index contributed by atoms with van der Waals surface area (Å²) in [6, 6.07) is 9.59. The van der Waals surface area contributed by atoms with Gasteiger partial charge in [-0.15, -0.1) is 0 Å². The smallest absolute Gasteiger partial charge is 0.339 e. The molecule has 1 amide bonds. The first-order valence-corrected chi connectivity index (χ1v) is 9.27. The SMILES string of the molecule is CCc1nc2ccccc2c(C(=O)OCC(=O)NC2(C#N)CCCC2)c1C. The molecule has 0 atom stereocenters. The lowest BCUT2D eigenvalue weighted by Gasteiger charge is -2.21. The molecule has 6 heteroatoms. The number of pyridine rings is 1. The molecule has 0 aliphatic heterocycles. The van der Waals surface area contributed by atoms with Crippen molar-refractivity contribution in [3.8, 4) is 6.07 Å². The van der Waals surface area contributed by atoms with Crippen LogP contribution in [0.25, 0.3) is 10.9 Å². The van der Waals surface area contributed by atoms with E-state index in [1.54, 1.807) is 0 Å². The Labute approximate surface area is 158 Å². The molecule has 6 nitrogen and oxygen atoms in total. The maximum Gasteiger partial charge on any atom is 0.339 e. The zero-order chi connectivity index (χ0) is 19.4. The van der Waals surface area contributed by atoms with Crippen molar-refractivity contribution in [1.82, 2.24) is 10.3 Å². The number of aromatic nitrogens is 1. The minimum absolute atomic E-state index is 0.403. The predicted molar refractivity (Wildman–Crippen MR) is 101 cm³/mol. The topological polar surface area (TPSA) is 92.1 Å². The van der Waals surface area contributed by atoms with Gasteiger partial charge in [0.25, 0.3) is 5.91 Å². The van der Waals surface area contributed by atoms with E-state index < -0.39 is 24.0 Å². The molecule has 0 radical (unpaired) electrons. The van der Waals surface area contributed by atoms with Crippen molar-refractivity contribution < 1.29 is 14.3 Å². The molecule has 3 rings (SSSR count). The number of ether oxygens (including phenoxy) is 1. The van der Waals surface area contributed by atoms with Gasteiger partial charge in [0.2, 0.25) is 0 Å². The average molecular weight is 365 g/mol. The number of rotatable bonds is 5. The molecule has 1 aromatic carbocycles. The second-order valence-electron chi connectivity index (χ2n) is 6.95. The lowest BCUT2D eigenvalue weighted by atomic mass is 10.00. The molecule has 0 saturated heterocycles. The molecule has 1 heterocycles. The van der Waals surface area contributed by atoms with Crippen LogP contribution >= 0.6 is 0 Å². The zero-order valence-electron chi connectivity index (χ0n) is 15.7. The number of carbonyl (C=O) groups excluding carboxylic acids is 2. The molecule has 1 aliphatic carbocycles. The fraction of sp³-hybridized carbons (Fsp3) is 0.429. The molecule has 1 aromatic heterocycles. The number of nitrogens with one attached hydrogen (secondary N) is 1. The number of aryl methyl sites for hydroxylation is 1. The van der Waals surface area contributed by atoms with E-state index >= 15 is 0 Å². The van der Waals surface area contributed by atoms with Crippen LogP contribution in [0.5, 0.6) is 0 Å². The largest absolute Gasteiger partial charge is 0.452 e. The standard InChI is InChI=1S/C21H23N3O3/c1-3-16-14(2)19(15-8-4-5-9-17(15)23-16)20(26)27-12-18(25)24-21(13-22)10-6-7-11-21/h4-5,8-9H,3,6-7,10-12H2,1-2H3,(H,24,25). The van der Waals surface area contributed by atoms with Crippen LogP contribution in [0.4, 0.5) is 0 Å². The first-order valence-electron chi connectivity index (χ1n) is 9.27. The van der Waals surface area contributed by atoms with Gasteiger partial charge < -0.3 is 10.1 Å². The van der Waals surface area contributed by atoms with Crippen LogP contribution in [0.3, 0.4) is 0 Å². The first-order chi connectivity index (χ1) is 13.0. The molecule has 27 heavy (non-hydrogen) atoms. The number of nitrogens with zero attached hydrogens (tertiary/aromatic N) is 2. The van der Waals surface area contributed by atoms with Crippen molar-refractivity contribution in [1.29, 1.82) is 5.26 Å². The van der Waals surface area contributed by atoms with E-state index in [0.29, 0.717) is 30.2 Å². The first kappa shape index (κ1) is 18.8. The highest BCUT2D eigenvalue weighted by Gasteiger charge is 2.35. The van der Waals surface area contributed by atoms with Crippen LogP contribution in [-0.4, -0.2) is 29.0 Å². The molecule has 1 N–H and O–H groups in total. The third-order valence-electron chi connectivity index (χ3n) is 5.16. The van der Waals surface area contributed by atoms with Gasteiger partial charge in [-0.25, -0.2) is 4.79 Å². The molecule has 140 valence electrons. The highest BCUT2D eigenvalue weighted by molar-refractivity contribution is 6.05. The van der Waals surface area contributed by atoms with E-state index in [1.165, 1.54) is 0 Å². The maximum atomic E-state index is 12.7. The Kier molecular flexibility index (Phi) is 5.41. The average Bonchev–Trinajstić information content (AvgIpc) is 3.14. The normalized spacial score (nSPS) is 15.3. The Balaban J connectivity index is 1.78. The molecule has 0 spiro atoms. The summed E-state index contributed by atoms with van der Waals surface area (Å²) in [4.78, 5) is 29.6. The summed E-state index contributed by atoms with van der Waals surface area (Å²) in [5, 5.41) is 12.8. The summed E-state index contributed by atoms with van der Waals surface area (Å²) in [7, 11) is 0. The number of amides is 1. The second-order valence-corrected chi connectivity index (χ2v) is 6.95. The minimum atomic E-state index is -0.821. The van der Waals surface area contributed by atoms with Crippen LogP contribution in [0.1, 0.15) is 54.2 Å². The quantitative estimate of drug-likeness (QED) is 0.822. The number of hydrogen-bond donors (Lipinski definition) is 1. The van der Waals surface area contributed by atoms with Crippen molar-refractivity contribution in [3.05, 3.63) is 41.1 Å². The monoisotopic (exact) mass is 365 g/mol. The van der Waals surface area contributed by atoms with E-state index in [0.717, 1.165) is 29.6 Å². The number of esters is 1. The van der Waals surface area contributed by atoms with Gasteiger partial charge in [0.05, 0.1) is 17.1 Å². The van der Waals surface area contributed by atoms with Crippen LogP contribution in [0.15, 0.2) is 24.3 Å². The van der Waals surface area contributed by atoms with Gasteiger partial charge in [-0.2, -0.15) is 5.26 Å². The number of nitriles is 1. The summed E-state index contributed by atoms with van der Waals surface area (Å²) in [6.07, 6.45) is 3.79. The molecule has 0 unspecified atom stereocenters. The third kappa shape index (κ3) is 3.77.